The maximum Gasteiger partial charge on any atom is 0.191 e. The fourth-order valence-corrected chi connectivity index (χ4v) is 3.11. The molecule has 0 unspecified atom stereocenters. The molecule has 0 aromatic heterocycles. The summed E-state index contributed by atoms with van der Waals surface area (Å²) < 4.78 is 21.6. The fourth-order valence-electron chi connectivity index (χ4n) is 3.11. The van der Waals surface area contributed by atoms with Crippen molar-refractivity contribution < 1.29 is 18.9 Å². The second-order valence-electron chi connectivity index (χ2n) is 7.10. The van der Waals surface area contributed by atoms with Gasteiger partial charge >= 0.3 is 0 Å². The van der Waals surface area contributed by atoms with Gasteiger partial charge in [0.25, 0.3) is 0 Å². The first-order chi connectivity index (χ1) is 15.1. The van der Waals surface area contributed by atoms with Crippen LogP contribution in [0.2, 0.25) is 0 Å². The average molecular weight is 557 g/mol. The van der Waals surface area contributed by atoms with Gasteiger partial charge in [0.05, 0.1) is 20.8 Å². The summed E-state index contributed by atoms with van der Waals surface area (Å²) in [7, 11) is 6.74. The zero-order chi connectivity index (χ0) is 22.5. The number of guanidine groups is 1. The predicted molar refractivity (Wildman–Crippen MR) is 140 cm³/mol. The summed E-state index contributed by atoms with van der Waals surface area (Å²) in [5.41, 5.74) is 3.45. The topological polar surface area (TPSA) is 73.3 Å². The van der Waals surface area contributed by atoms with Crippen LogP contribution in [0.15, 0.2) is 41.4 Å². The molecule has 0 aliphatic heterocycles. The number of nitrogens with one attached hydrogen (secondary N) is 2. The van der Waals surface area contributed by atoms with Crippen molar-refractivity contribution in [2.45, 2.75) is 26.3 Å². The van der Waals surface area contributed by atoms with Crippen LogP contribution >= 0.6 is 24.0 Å². The van der Waals surface area contributed by atoms with Crippen LogP contribution in [0.4, 0.5) is 0 Å². The highest BCUT2D eigenvalue weighted by atomic mass is 127. The van der Waals surface area contributed by atoms with Crippen molar-refractivity contribution in [1.29, 1.82) is 0 Å². The van der Waals surface area contributed by atoms with Gasteiger partial charge in [-0.05, 0) is 49.1 Å². The third-order valence-electron chi connectivity index (χ3n) is 4.82. The van der Waals surface area contributed by atoms with Crippen molar-refractivity contribution in [3.8, 4) is 17.2 Å². The average Bonchev–Trinajstić information content (AvgIpc) is 2.79. The number of ether oxygens (including phenoxy) is 4. The minimum Gasteiger partial charge on any atom is -0.493 e. The van der Waals surface area contributed by atoms with Crippen LogP contribution in [-0.2, 0) is 17.7 Å². The number of methoxy groups -OCH3 is 3. The van der Waals surface area contributed by atoms with Crippen molar-refractivity contribution in [2.75, 3.05) is 48.1 Å². The highest BCUT2D eigenvalue weighted by molar-refractivity contribution is 14.0. The molecule has 0 heterocycles. The lowest BCUT2D eigenvalue weighted by Gasteiger charge is -2.15. The zero-order valence-corrected chi connectivity index (χ0v) is 22.0. The number of aliphatic imine (C=N–C) groups is 1. The molecule has 0 aliphatic rings. The van der Waals surface area contributed by atoms with Crippen LogP contribution in [0.3, 0.4) is 0 Å². The molecule has 0 aliphatic carbocycles. The second kappa shape index (κ2) is 15.6. The van der Waals surface area contributed by atoms with Gasteiger partial charge in [-0.25, -0.2) is 0 Å². The van der Waals surface area contributed by atoms with Crippen LogP contribution in [0, 0.1) is 6.92 Å². The molecule has 2 aromatic carbocycles. The summed E-state index contributed by atoms with van der Waals surface area (Å²) in [5, 5.41) is 6.73. The Morgan fingerprint density at radius 3 is 2.38 bits per heavy atom. The highest BCUT2D eigenvalue weighted by Gasteiger charge is 2.07. The van der Waals surface area contributed by atoms with Gasteiger partial charge in [0.15, 0.2) is 17.5 Å². The molecule has 0 atom stereocenters. The lowest BCUT2D eigenvalue weighted by Crippen LogP contribution is -2.37. The highest BCUT2D eigenvalue weighted by Crippen LogP contribution is 2.27. The summed E-state index contributed by atoms with van der Waals surface area (Å²) >= 11 is 0. The van der Waals surface area contributed by atoms with Gasteiger partial charge in [0.2, 0.25) is 0 Å². The molecule has 7 nitrogen and oxygen atoms in total. The zero-order valence-electron chi connectivity index (χ0n) is 19.7. The minimum absolute atomic E-state index is 0. The van der Waals surface area contributed by atoms with Crippen LogP contribution < -0.4 is 24.8 Å². The predicted octanol–water partition coefficient (Wildman–Crippen LogP) is 3.95. The van der Waals surface area contributed by atoms with E-state index in [0.717, 1.165) is 53.7 Å². The van der Waals surface area contributed by atoms with E-state index in [2.05, 4.69) is 40.7 Å². The first-order valence-corrected chi connectivity index (χ1v) is 10.5. The molecule has 8 heteroatoms. The smallest absolute Gasteiger partial charge is 0.191 e. The third kappa shape index (κ3) is 9.12. The van der Waals surface area contributed by atoms with E-state index in [1.807, 2.05) is 18.2 Å². The molecule has 178 valence electrons. The van der Waals surface area contributed by atoms with Gasteiger partial charge in [-0.1, -0.05) is 18.2 Å². The molecule has 0 fully saturated rings. The van der Waals surface area contributed by atoms with E-state index >= 15 is 0 Å². The van der Waals surface area contributed by atoms with E-state index < -0.39 is 0 Å². The van der Waals surface area contributed by atoms with Crippen LogP contribution in [-0.4, -0.2) is 54.1 Å². The summed E-state index contributed by atoms with van der Waals surface area (Å²) in [6.45, 7) is 4.57. The molecule has 0 spiro atoms. The van der Waals surface area contributed by atoms with E-state index in [0.29, 0.717) is 19.8 Å². The first kappa shape index (κ1) is 27.8. The van der Waals surface area contributed by atoms with Crippen LogP contribution in [0.5, 0.6) is 17.2 Å². The number of rotatable bonds is 12. The maximum atomic E-state index is 5.86. The van der Waals surface area contributed by atoms with E-state index in [9.17, 15) is 0 Å². The van der Waals surface area contributed by atoms with E-state index in [4.69, 9.17) is 18.9 Å². The molecule has 32 heavy (non-hydrogen) atoms. The Kier molecular flexibility index (Phi) is 13.5. The minimum atomic E-state index is 0. The van der Waals surface area contributed by atoms with Gasteiger partial charge < -0.3 is 29.6 Å². The maximum absolute atomic E-state index is 5.86. The molecule has 0 saturated carbocycles. The Hall–Kier alpha value is -2.20. The van der Waals surface area contributed by atoms with Gasteiger partial charge in [0.1, 0.15) is 12.4 Å². The molecule has 0 amide bonds. The monoisotopic (exact) mass is 557 g/mol. The number of nitrogens with zero attached hydrogens (tertiary/aromatic N) is 1. The Morgan fingerprint density at radius 2 is 1.69 bits per heavy atom. The first-order valence-electron chi connectivity index (χ1n) is 10.5. The lowest BCUT2D eigenvalue weighted by atomic mass is 10.1. The molecule has 2 aromatic rings. The number of hydrogen-bond acceptors (Lipinski definition) is 5. The number of halogens is 1. The van der Waals surface area contributed by atoms with E-state index in [1.165, 1.54) is 5.56 Å². The van der Waals surface area contributed by atoms with E-state index in [-0.39, 0.29) is 24.0 Å². The lowest BCUT2D eigenvalue weighted by molar-refractivity contribution is 0.145. The third-order valence-corrected chi connectivity index (χ3v) is 4.82. The molecule has 2 rings (SSSR count). The largest absolute Gasteiger partial charge is 0.493 e. The van der Waals surface area contributed by atoms with Gasteiger partial charge in [-0.3, -0.25) is 4.99 Å². The molecule has 2 N–H and O–H groups in total. The Bertz CT molecular complexity index is 846. The number of aryl methyl sites for hydroxylation is 2. The Morgan fingerprint density at radius 1 is 0.906 bits per heavy atom. The fraction of sp³-hybridized carbons (Fsp3) is 0.458. The molecular weight excluding hydrogens is 521 g/mol. The van der Waals surface area contributed by atoms with Crippen LogP contribution in [0.25, 0.3) is 0 Å². The van der Waals surface area contributed by atoms with Crippen LogP contribution in [0.1, 0.15) is 23.1 Å². The van der Waals surface area contributed by atoms with Crippen molar-refractivity contribution in [2.24, 2.45) is 4.99 Å². The normalized spacial score (nSPS) is 10.8. The Balaban J connectivity index is 0.00000512. The molecule has 0 bridgehead atoms. The van der Waals surface area contributed by atoms with Crippen molar-refractivity contribution >= 4 is 29.9 Å². The quantitative estimate of drug-likeness (QED) is 0.178. The van der Waals surface area contributed by atoms with Crippen molar-refractivity contribution in [3.05, 3.63) is 53.1 Å². The van der Waals surface area contributed by atoms with Gasteiger partial charge in [-0.15, -0.1) is 24.0 Å². The number of benzene rings is 2. The molecule has 0 saturated heterocycles. The summed E-state index contributed by atoms with van der Waals surface area (Å²) in [6.07, 6.45) is 1.89. The van der Waals surface area contributed by atoms with E-state index in [1.54, 1.807) is 28.4 Å². The van der Waals surface area contributed by atoms with Crippen molar-refractivity contribution in [1.82, 2.24) is 10.6 Å². The number of hydrogen-bond donors (Lipinski definition) is 2. The molecule has 0 radical (unpaired) electrons. The molecular formula is C24H36IN3O4. The standard InChI is InChI=1S/C24H35N3O4.HI/c1-18-8-10-20(22(15-18)31-14-13-28-3)17-27-24(25-2)26-12-6-7-19-9-11-21(29-4)23(16-19)30-5;/h8-11,15-16H,6-7,12-14,17H2,1-5H3,(H2,25,26,27);1H. The Labute approximate surface area is 208 Å². The van der Waals surface area contributed by atoms with Crippen molar-refractivity contribution in [3.63, 3.8) is 0 Å². The summed E-state index contributed by atoms with van der Waals surface area (Å²) in [5.74, 6) is 3.13. The second-order valence-corrected chi connectivity index (χ2v) is 7.10. The summed E-state index contributed by atoms with van der Waals surface area (Å²) in [6, 6.07) is 12.2. The van der Waals surface area contributed by atoms with Gasteiger partial charge in [-0.2, -0.15) is 0 Å². The SMILES string of the molecule is CN=C(NCCCc1ccc(OC)c(OC)c1)NCc1ccc(C)cc1OCCOC.I. The van der Waals surface area contributed by atoms with Gasteiger partial charge in [0, 0.05) is 32.8 Å². The summed E-state index contributed by atoms with van der Waals surface area (Å²) in [4.78, 5) is 4.32.